The summed E-state index contributed by atoms with van der Waals surface area (Å²) in [6.07, 6.45) is 1.23. The minimum atomic E-state index is -0.737. The van der Waals surface area contributed by atoms with E-state index < -0.39 is 16.8 Å². The Kier molecular flexibility index (Phi) is 6.23. The SMILES string of the molecule is COC(=O)c1ccc(Cl)c(-c2ccc(/C=N\NC(=O)c3ccccc3[N+](=O)[O-])o2)c1. The largest absolute Gasteiger partial charge is 0.465 e. The zero-order valence-corrected chi connectivity index (χ0v) is 16.3. The summed E-state index contributed by atoms with van der Waals surface area (Å²) in [5.41, 5.74) is 2.55. The number of hydrogen-bond acceptors (Lipinski definition) is 7. The number of methoxy groups -OCH3 is 1. The van der Waals surface area contributed by atoms with Gasteiger partial charge in [0.2, 0.25) is 0 Å². The van der Waals surface area contributed by atoms with Crippen LogP contribution in [0.3, 0.4) is 0 Å². The highest BCUT2D eigenvalue weighted by atomic mass is 35.5. The average molecular weight is 428 g/mol. The molecule has 0 aliphatic carbocycles. The van der Waals surface area contributed by atoms with Gasteiger partial charge in [-0.2, -0.15) is 5.10 Å². The van der Waals surface area contributed by atoms with E-state index in [1.807, 2.05) is 0 Å². The standard InChI is InChI=1S/C20H14ClN3O6/c1-29-20(26)12-6-8-16(21)15(10-12)18-9-7-13(30-18)11-22-23-19(25)14-4-2-3-5-17(14)24(27)28/h2-11H,1H3,(H,23,25)/b22-11-. The van der Waals surface area contributed by atoms with Gasteiger partial charge in [-0.1, -0.05) is 23.7 Å². The van der Waals surface area contributed by atoms with Crippen LogP contribution in [-0.2, 0) is 4.74 Å². The van der Waals surface area contributed by atoms with E-state index in [1.165, 1.54) is 49.7 Å². The van der Waals surface area contributed by atoms with Gasteiger partial charge in [0.05, 0.1) is 28.8 Å². The second-order valence-electron chi connectivity index (χ2n) is 5.86. The second kappa shape index (κ2) is 9.01. The van der Waals surface area contributed by atoms with Crippen molar-refractivity contribution < 1.29 is 23.7 Å². The van der Waals surface area contributed by atoms with Gasteiger partial charge >= 0.3 is 5.97 Å². The number of amides is 1. The van der Waals surface area contributed by atoms with Crippen LogP contribution in [0.4, 0.5) is 5.69 Å². The van der Waals surface area contributed by atoms with Gasteiger partial charge in [0, 0.05) is 11.6 Å². The maximum atomic E-state index is 12.1. The molecule has 30 heavy (non-hydrogen) atoms. The molecule has 0 spiro atoms. The summed E-state index contributed by atoms with van der Waals surface area (Å²) in [6.45, 7) is 0. The summed E-state index contributed by atoms with van der Waals surface area (Å²) in [6, 6.07) is 13.3. The van der Waals surface area contributed by atoms with Crippen molar-refractivity contribution in [2.24, 2.45) is 5.10 Å². The lowest BCUT2D eigenvalue weighted by atomic mass is 10.1. The smallest absolute Gasteiger partial charge is 0.337 e. The van der Waals surface area contributed by atoms with Gasteiger partial charge in [-0.3, -0.25) is 14.9 Å². The third-order valence-corrected chi connectivity index (χ3v) is 4.31. The first-order chi connectivity index (χ1) is 14.4. The van der Waals surface area contributed by atoms with Gasteiger partial charge in [0.1, 0.15) is 17.1 Å². The number of carbonyl (C=O) groups excluding carboxylic acids is 2. The summed E-state index contributed by atoms with van der Waals surface area (Å²) in [7, 11) is 1.27. The fourth-order valence-corrected chi connectivity index (χ4v) is 2.78. The van der Waals surface area contributed by atoms with E-state index in [2.05, 4.69) is 10.5 Å². The fraction of sp³-hybridized carbons (Fsp3) is 0.0500. The number of nitro benzene ring substituents is 1. The van der Waals surface area contributed by atoms with Crippen LogP contribution in [0.1, 0.15) is 26.5 Å². The highest BCUT2D eigenvalue weighted by Gasteiger charge is 2.18. The summed E-state index contributed by atoms with van der Waals surface area (Å²) in [4.78, 5) is 34.2. The molecule has 0 saturated heterocycles. The van der Waals surface area contributed by atoms with Crippen molar-refractivity contribution in [2.45, 2.75) is 0 Å². The van der Waals surface area contributed by atoms with Gasteiger partial charge in [-0.05, 0) is 36.4 Å². The normalized spacial score (nSPS) is 10.7. The number of nitrogens with zero attached hydrogens (tertiary/aromatic N) is 2. The van der Waals surface area contributed by atoms with E-state index in [0.717, 1.165) is 0 Å². The Morgan fingerprint density at radius 3 is 2.70 bits per heavy atom. The molecule has 2 aromatic carbocycles. The molecule has 3 rings (SSSR count). The molecule has 0 bridgehead atoms. The molecule has 10 heteroatoms. The van der Waals surface area contributed by atoms with Crippen molar-refractivity contribution >= 4 is 35.4 Å². The van der Waals surface area contributed by atoms with E-state index in [4.69, 9.17) is 20.8 Å². The van der Waals surface area contributed by atoms with Crippen LogP contribution in [0, 0.1) is 10.1 Å². The molecule has 0 saturated carbocycles. The molecule has 0 fully saturated rings. The summed E-state index contributed by atoms with van der Waals surface area (Å²) < 4.78 is 10.3. The highest BCUT2D eigenvalue weighted by Crippen LogP contribution is 2.30. The Morgan fingerprint density at radius 1 is 1.20 bits per heavy atom. The van der Waals surface area contributed by atoms with E-state index in [0.29, 0.717) is 21.9 Å². The van der Waals surface area contributed by atoms with Crippen molar-refractivity contribution in [1.29, 1.82) is 0 Å². The third-order valence-electron chi connectivity index (χ3n) is 3.98. The van der Waals surface area contributed by atoms with Crippen molar-refractivity contribution in [2.75, 3.05) is 7.11 Å². The van der Waals surface area contributed by atoms with Crippen molar-refractivity contribution in [3.63, 3.8) is 0 Å². The van der Waals surface area contributed by atoms with E-state index in [-0.39, 0.29) is 17.0 Å². The maximum absolute atomic E-state index is 12.1. The van der Waals surface area contributed by atoms with Crippen LogP contribution in [0.15, 0.2) is 64.1 Å². The van der Waals surface area contributed by atoms with Crippen molar-refractivity contribution in [3.8, 4) is 11.3 Å². The van der Waals surface area contributed by atoms with Crippen LogP contribution < -0.4 is 5.43 Å². The number of benzene rings is 2. The molecule has 1 amide bonds. The first-order valence-electron chi connectivity index (χ1n) is 8.45. The van der Waals surface area contributed by atoms with Crippen LogP contribution >= 0.6 is 11.6 Å². The minimum absolute atomic E-state index is 0.119. The molecule has 0 aliphatic rings. The molecule has 0 aliphatic heterocycles. The van der Waals surface area contributed by atoms with Crippen LogP contribution in [0.25, 0.3) is 11.3 Å². The number of ether oxygens (including phenoxy) is 1. The Balaban J connectivity index is 1.75. The van der Waals surface area contributed by atoms with Crippen molar-refractivity contribution in [3.05, 3.63) is 86.6 Å². The number of hydrazone groups is 1. The van der Waals surface area contributed by atoms with Crippen LogP contribution in [0.5, 0.6) is 0 Å². The lowest BCUT2D eigenvalue weighted by Gasteiger charge is -2.04. The zero-order chi connectivity index (χ0) is 21.7. The van der Waals surface area contributed by atoms with E-state index in [9.17, 15) is 19.7 Å². The third kappa shape index (κ3) is 4.53. The lowest BCUT2D eigenvalue weighted by Crippen LogP contribution is -2.18. The quantitative estimate of drug-likeness (QED) is 0.274. The maximum Gasteiger partial charge on any atom is 0.337 e. The molecule has 3 aromatic rings. The Hall–Kier alpha value is -3.98. The van der Waals surface area contributed by atoms with Gasteiger partial charge in [-0.15, -0.1) is 0 Å². The molecule has 1 heterocycles. The monoisotopic (exact) mass is 427 g/mol. The minimum Gasteiger partial charge on any atom is -0.465 e. The molecular weight excluding hydrogens is 414 g/mol. The summed E-state index contributed by atoms with van der Waals surface area (Å²) >= 11 is 6.18. The first-order valence-corrected chi connectivity index (χ1v) is 8.83. The van der Waals surface area contributed by atoms with Crippen LogP contribution in [-0.4, -0.2) is 30.1 Å². The number of para-hydroxylation sites is 1. The zero-order valence-electron chi connectivity index (χ0n) is 15.5. The number of furan rings is 1. The van der Waals surface area contributed by atoms with Crippen molar-refractivity contribution in [1.82, 2.24) is 5.43 Å². The topological polar surface area (TPSA) is 124 Å². The average Bonchev–Trinajstić information content (AvgIpc) is 3.22. The highest BCUT2D eigenvalue weighted by molar-refractivity contribution is 6.33. The number of nitrogens with one attached hydrogen (secondary N) is 1. The Morgan fingerprint density at radius 2 is 1.97 bits per heavy atom. The molecule has 0 radical (unpaired) electrons. The van der Waals surface area contributed by atoms with Gasteiger partial charge in [-0.25, -0.2) is 10.2 Å². The Labute approximate surface area is 175 Å². The predicted octanol–water partition coefficient (Wildman–Crippen LogP) is 4.06. The number of hydrogen-bond donors (Lipinski definition) is 1. The van der Waals surface area contributed by atoms with Crippen LogP contribution in [0.2, 0.25) is 5.02 Å². The molecule has 0 atom stereocenters. The Bertz CT molecular complexity index is 1150. The molecule has 9 nitrogen and oxygen atoms in total. The van der Waals surface area contributed by atoms with E-state index >= 15 is 0 Å². The second-order valence-corrected chi connectivity index (χ2v) is 6.27. The number of halogens is 1. The molecule has 0 unspecified atom stereocenters. The summed E-state index contributed by atoms with van der Waals surface area (Å²) in [5.74, 6) is -0.595. The number of esters is 1. The molecule has 152 valence electrons. The van der Waals surface area contributed by atoms with Gasteiger partial charge < -0.3 is 9.15 Å². The molecule has 1 aromatic heterocycles. The van der Waals surface area contributed by atoms with E-state index in [1.54, 1.807) is 18.2 Å². The first kappa shape index (κ1) is 20.7. The number of nitro groups is 1. The van der Waals surface area contributed by atoms with Gasteiger partial charge in [0.15, 0.2) is 0 Å². The molecule has 1 N–H and O–H groups in total. The number of carbonyl (C=O) groups is 2. The summed E-state index contributed by atoms with van der Waals surface area (Å²) in [5, 5.41) is 15.1. The lowest BCUT2D eigenvalue weighted by molar-refractivity contribution is -0.385. The molecular formula is C20H14ClN3O6. The number of rotatable bonds is 6. The van der Waals surface area contributed by atoms with Gasteiger partial charge in [0.25, 0.3) is 11.6 Å². The fourth-order valence-electron chi connectivity index (χ4n) is 2.57. The predicted molar refractivity (Wildman–Crippen MR) is 109 cm³/mol.